The molecule has 2 nitrogen and oxygen atoms in total. The van der Waals surface area contributed by atoms with E-state index in [4.69, 9.17) is 10.2 Å². The van der Waals surface area contributed by atoms with Gasteiger partial charge in [0.05, 0.1) is 5.69 Å². The molecule has 96 valence electrons. The molecule has 1 aromatic rings. The predicted octanol–water partition coefficient (Wildman–Crippen LogP) is 4.22. The van der Waals surface area contributed by atoms with Crippen LogP contribution < -0.4 is 10.2 Å². The summed E-state index contributed by atoms with van der Waals surface area (Å²) in [7, 11) is -1.78. The molecule has 0 aliphatic carbocycles. The fourth-order valence-electron chi connectivity index (χ4n) is 1.34. The molecule has 0 aliphatic heterocycles. The van der Waals surface area contributed by atoms with Crippen molar-refractivity contribution in [1.82, 2.24) is 0 Å². The van der Waals surface area contributed by atoms with Gasteiger partial charge in [-0.2, -0.15) is 0 Å². The second-order valence-electron chi connectivity index (χ2n) is 6.09. The molecule has 0 spiro atoms. The van der Waals surface area contributed by atoms with Crippen LogP contribution in [0.15, 0.2) is 18.2 Å². The minimum absolute atomic E-state index is 0.197. The predicted molar refractivity (Wildman–Crippen MR) is 78.1 cm³/mol. The Bertz CT molecular complexity index is 394. The standard InChI is InChI=1S/C14H25NOSi/c1-7-11-8-9-13(12(15)10-11)16-17(5,6)14(2,3)4/h8-10H,7,15H2,1-6H3. The van der Waals surface area contributed by atoms with Crippen molar-refractivity contribution in [3.63, 3.8) is 0 Å². The molecule has 0 fully saturated rings. The van der Waals surface area contributed by atoms with Gasteiger partial charge in [-0.15, -0.1) is 0 Å². The number of aryl methyl sites for hydroxylation is 1. The molecule has 0 aliphatic rings. The minimum atomic E-state index is -1.78. The highest BCUT2D eigenvalue weighted by Gasteiger charge is 2.39. The quantitative estimate of drug-likeness (QED) is 0.645. The number of rotatable bonds is 3. The van der Waals surface area contributed by atoms with Crippen LogP contribution in [0.3, 0.4) is 0 Å². The lowest BCUT2D eigenvalue weighted by Gasteiger charge is -2.36. The zero-order valence-corrected chi connectivity index (χ0v) is 12.9. The Kier molecular flexibility index (Phi) is 3.92. The average molecular weight is 251 g/mol. The number of hydrogen-bond acceptors (Lipinski definition) is 2. The molecular formula is C14H25NOSi. The third kappa shape index (κ3) is 3.25. The maximum absolute atomic E-state index is 6.21. The van der Waals surface area contributed by atoms with E-state index < -0.39 is 8.32 Å². The van der Waals surface area contributed by atoms with E-state index in [1.807, 2.05) is 12.1 Å². The van der Waals surface area contributed by atoms with Gasteiger partial charge in [-0.25, -0.2) is 0 Å². The van der Waals surface area contributed by atoms with Gasteiger partial charge < -0.3 is 10.2 Å². The van der Waals surface area contributed by atoms with Crippen molar-refractivity contribution in [1.29, 1.82) is 0 Å². The Hall–Kier alpha value is -0.963. The molecule has 17 heavy (non-hydrogen) atoms. The van der Waals surface area contributed by atoms with Crippen LogP contribution in [0.4, 0.5) is 5.69 Å². The van der Waals surface area contributed by atoms with Crippen LogP contribution in [0.25, 0.3) is 0 Å². The van der Waals surface area contributed by atoms with Crippen molar-refractivity contribution < 1.29 is 4.43 Å². The van der Waals surface area contributed by atoms with Crippen LogP contribution in [-0.4, -0.2) is 8.32 Å². The first-order valence-corrected chi connectivity index (χ1v) is 9.15. The van der Waals surface area contributed by atoms with E-state index in [1.54, 1.807) is 0 Å². The lowest BCUT2D eigenvalue weighted by molar-refractivity contribution is 0.494. The third-order valence-electron chi connectivity index (χ3n) is 3.65. The van der Waals surface area contributed by atoms with Gasteiger partial charge in [-0.05, 0) is 42.2 Å². The summed E-state index contributed by atoms with van der Waals surface area (Å²) in [6, 6.07) is 6.12. The Labute approximate surface area is 106 Å². The highest BCUT2D eigenvalue weighted by Crippen LogP contribution is 2.38. The lowest BCUT2D eigenvalue weighted by Crippen LogP contribution is -2.44. The highest BCUT2D eigenvalue weighted by atomic mass is 28.4. The molecule has 0 radical (unpaired) electrons. The van der Waals surface area contributed by atoms with E-state index in [0.717, 1.165) is 17.9 Å². The Balaban J connectivity index is 2.96. The van der Waals surface area contributed by atoms with E-state index in [2.05, 4.69) is 46.9 Å². The van der Waals surface area contributed by atoms with Gasteiger partial charge in [-0.1, -0.05) is 33.8 Å². The normalized spacial score (nSPS) is 12.6. The number of nitrogens with two attached hydrogens (primary N) is 1. The molecule has 3 heteroatoms. The topological polar surface area (TPSA) is 35.2 Å². The number of hydrogen-bond donors (Lipinski definition) is 1. The van der Waals surface area contributed by atoms with Crippen molar-refractivity contribution >= 4 is 14.0 Å². The largest absolute Gasteiger partial charge is 0.542 e. The first kappa shape index (κ1) is 14.1. The van der Waals surface area contributed by atoms with Crippen molar-refractivity contribution in [2.75, 3.05) is 5.73 Å². The summed E-state index contributed by atoms with van der Waals surface area (Å²) in [6.45, 7) is 13.3. The molecule has 0 amide bonds. The molecule has 0 saturated carbocycles. The van der Waals surface area contributed by atoms with Crippen LogP contribution in [-0.2, 0) is 6.42 Å². The third-order valence-corrected chi connectivity index (χ3v) is 8.00. The summed E-state index contributed by atoms with van der Waals surface area (Å²) >= 11 is 0. The van der Waals surface area contributed by atoms with E-state index in [1.165, 1.54) is 5.56 Å². The smallest absolute Gasteiger partial charge is 0.250 e. The van der Waals surface area contributed by atoms with Gasteiger partial charge in [-0.3, -0.25) is 0 Å². The summed E-state index contributed by atoms with van der Waals surface area (Å²) in [5.41, 5.74) is 8.06. The SMILES string of the molecule is CCc1ccc(O[Si](C)(C)C(C)(C)C)c(N)c1. The van der Waals surface area contributed by atoms with Crippen LogP contribution in [0.5, 0.6) is 5.75 Å². The molecule has 1 aromatic carbocycles. The first-order valence-electron chi connectivity index (χ1n) is 6.25. The monoisotopic (exact) mass is 251 g/mol. The molecule has 0 atom stereocenters. The number of anilines is 1. The fraction of sp³-hybridized carbons (Fsp3) is 0.571. The van der Waals surface area contributed by atoms with Crippen LogP contribution in [0.1, 0.15) is 33.3 Å². The van der Waals surface area contributed by atoms with Crippen LogP contribution >= 0.6 is 0 Å². The Morgan fingerprint density at radius 2 is 1.82 bits per heavy atom. The molecule has 0 bridgehead atoms. The fourth-order valence-corrected chi connectivity index (χ4v) is 2.38. The van der Waals surface area contributed by atoms with Gasteiger partial charge in [0.25, 0.3) is 8.32 Å². The van der Waals surface area contributed by atoms with E-state index in [0.29, 0.717) is 0 Å². The zero-order chi connectivity index (χ0) is 13.3. The minimum Gasteiger partial charge on any atom is -0.542 e. The number of benzene rings is 1. The molecule has 1 rings (SSSR count). The van der Waals surface area contributed by atoms with Crippen molar-refractivity contribution in [2.24, 2.45) is 0 Å². The van der Waals surface area contributed by atoms with Crippen molar-refractivity contribution in [3.8, 4) is 5.75 Å². The first-order chi connectivity index (χ1) is 7.67. The van der Waals surface area contributed by atoms with Gasteiger partial charge >= 0.3 is 0 Å². The Morgan fingerprint density at radius 3 is 2.24 bits per heavy atom. The van der Waals surface area contributed by atoms with Crippen LogP contribution in [0.2, 0.25) is 18.1 Å². The molecule has 0 unspecified atom stereocenters. The molecule has 0 heterocycles. The molecule has 0 aromatic heterocycles. The average Bonchev–Trinajstić information content (AvgIpc) is 2.19. The summed E-state index contributed by atoms with van der Waals surface area (Å²) in [4.78, 5) is 0. The zero-order valence-electron chi connectivity index (χ0n) is 11.9. The van der Waals surface area contributed by atoms with Crippen LogP contribution in [0, 0.1) is 0 Å². The maximum Gasteiger partial charge on any atom is 0.250 e. The highest BCUT2D eigenvalue weighted by molar-refractivity contribution is 6.74. The van der Waals surface area contributed by atoms with E-state index in [-0.39, 0.29) is 5.04 Å². The van der Waals surface area contributed by atoms with E-state index in [9.17, 15) is 0 Å². The lowest BCUT2D eigenvalue weighted by atomic mass is 10.1. The second kappa shape index (κ2) is 4.73. The van der Waals surface area contributed by atoms with Gasteiger partial charge in [0.15, 0.2) is 0 Å². The maximum atomic E-state index is 6.21. The Morgan fingerprint density at radius 1 is 1.24 bits per heavy atom. The summed E-state index contributed by atoms with van der Waals surface area (Å²) in [6.07, 6.45) is 1.00. The molecular weight excluding hydrogens is 226 g/mol. The van der Waals surface area contributed by atoms with Crippen molar-refractivity contribution in [3.05, 3.63) is 23.8 Å². The molecule has 2 N–H and O–H groups in total. The second-order valence-corrected chi connectivity index (χ2v) is 10.8. The summed E-state index contributed by atoms with van der Waals surface area (Å²) < 4.78 is 6.21. The van der Waals surface area contributed by atoms with Crippen molar-refractivity contribution in [2.45, 2.75) is 52.2 Å². The number of nitrogen functional groups attached to an aromatic ring is 1. The van der Waals surface area contributed by atoms with E-state index >= 15 is 0 Å². The van der Waals surface area contributed by atoms with Gasteiger partial charge in [0.2, 0.25) is 0 Å². The summed E-state index contributed by atoms with van der Waals surface area (Å²) in [5.74, 6) is 0.841. The summed E-state index contributed by atoms with van der Waals surface area (Å²) in [5, 5.41) is 0.197. The molecule has 0 saturated heterocycles. The van der Waals surface area contributed by atoms with Gasteiger partial charge in [0, 0.05) is 0 Å². The van der Waals surface area contributed by atoms with Gasteiger partial charge in [0.1, 0.15) is 5.75 Å².